The lowest BCUT2D eigenvalue weighted by Crippen LogP contribution is -2.53. The molecule has 2 saturated heterocycles. The average Bonchev–Trinajstić information content (AvgIpc) is 3.11. The molecule has 2 fully saturated rings. The number of rotatable bonds is 8. The van der Waals surface area contributed by atoms with Gasteiger partial charge in [0.1, 0.15) is 0 Å². The molecule has 0 aromatic heterocycles. The van der Waals surface area contributed by atoms with Gasteiger partial charge in [-0.15, -0.1) is 24.0 Å². The van der Waals surface area contributed by atoms with Crippen LogP contribution >= 0.6 is 24.0 Å². The minimum absolute atomic E-state index is 0. The number of nitrogens with zero attached hydrogens (tertiary/aromatic N) is 2. The second-order valence-electron chi connectivity index (χ2n) is 6.60. The SMILES string of the molecule is CN=C(NCCCOC1CCOC1)NCC(C)N1CCOCC1C.I. The third-order valence-corrected chi connectivity index (χ3v) is 4.63. The van der Waals surface area contributed by atoms with E-state index in [-0.39, 0.29) is 24.0 Å². The summed E-state index contributed by atoms with van der Waals surface area (Å²) in [6.45, 7) is 11.2. The molecule has 0 aromatic rings. The number of ether oxygens (including phenoxy) is 3. The Morgan fingerprint density at radius 2 is 2.08 bits per heavy atom. The number of aliphatic imine (C=N–C) groups is 1. The summed E-state index contributed by atoms with van der Waals surface area (Å²) >= 11 is 0. The van der Waals surface area contributed by atoms with E-state index in [2.05, 4.69) is 34.4 Å². The normalized spacial score (nSPS) is 26.1. The third-order valence-electron chi connectivity index (χ3n) is 4.63. The van der Waals surface area contributed by atoms with Crippen molar-refractivity contribution >= 4 is 29.9 Å². The van der Waals surface area contributed by atoms with E-state index in [1.165, 1.54) is 0 Å². The maximum atomic E-state index is 5.76. The first-order chi connectivity index (χ1) is 11.7. The van der Waals surface area contributed by atoms with Gasteiger partial charge in [0.15, 0.2) is 5.96 Å². The van der Waals surface area contributed by atoms with Gasteiger partial charge < -0.3 is 24.8 Å². The van der Waals surface area contributed by atoms with Crippen LogP contribution in [0, 0.1) is 0 Å². The molecule has 2 N–H and O–H groups in total. The topological polar surface area (TPSA) is 67.4 Å². The van der Waals surface area contributed by atoms with E-state index in [0.29, 0.717) is 18.2 Å². The Labute approximate surface area is 169 Å². The second-order valence-corrected chi connectivity index (χ2v) is 6.60. The van der Waals surface area contributed by atoms with Crippen LogP contribution in [0.2, 0.25) is 0 Å². The Kier molecular flexibility index (Phi) is 12.0. The van der Waals surface area contributed by atoms with Crippen molar-refractivity contribution in [2.45, 2.75) is 44.9 Å². The van der Waals surface area contributed by atoms with Crippen LogP contribution in [0.4, 0.5) is 0 Å². The quantitative estimate of drug-likeness (QED) is 0.240. The molecule has 2 rings (SSSR count). The van der Waals surface area contributed by atoms with E-state index in [1.54, 1.807) is 0 Å². The van der Waals surface area contributed by atoms with E-state index < -0.39 is 0 Å². The van der Waals surface area contributed by atoms with Gasteiger partial charge >= 0.3 is 0 Å². The molecule has 2 aliphatic heterocycles. The Morgan fingerprint density at radius 1 is 1.28 bits per heavy atom. The molecule has 0 amide bonds. The van der Waals surface area contributed by atoms with Gasteiger partial charge in [-0.1, -0.05) is 0 Å². The van der Waals surface area contributed by atoms with Crippen LogP contribution in [-0.2, 0) is 14.2 Å². The molecule has 2 aliphatic rings. The zero-order valence-corrected chi connectivity index (χ0v) is 18.2. The van der Waals surface area contributed by atoms with Gasteiger partial charge in [0, 0.05) is 52.0 Å². The Hall–Kier alpha value is -0.160. The number of hydrogen-bond donors (Lipinski definition) is 2. The minimum Gasteiger partial charge on any atom is -0.379 e. The molecule has 0 aromatic carbocycles. The Morgan fingerprint density at radius 3 is 2.76 bits per heavy atom. The highest BCUT2D eigenvalue weighted by Gasteiger charge is 2.23. The fourth-order valence-corrected chi connectivity index (χ4v) is 3.15. The molecule has 2 heterocycles. The first kappa shape index (κ1) is 22.9. The molecule has 0 aliphatic carbocycles. The van der Waals surface area contributed by atoms with E-state index >= 15 is 0 Å². The lowest BCUT2D eigenvalue weighted by molar-refractivity contribution is -0.0174. The van der Waals surface area contributed by atoms with Crippen LogP contribution in [0.1, 0.15) is 26.7 Å². The van der Waals surface area contributed by atoms with Crippen LogP contribution < -0.4 is 10.6 Å². The number of morpholine rings is 1. The summed E-state index contributed by atoms with van der Waals surface area (Å²) in [6.07, 6.45) is 2.28. The largest absolute Gasteiger partial charge is 0.379 e. The lowest BCUT2D eigenvalue weighted by atomic mass is 10.2. The second kappa shape index (κ2) is 13.1. The number of halogens is 1. The van der Waals surface area contributed by atoms with Crippen molar-refractivity contribution in [3.05, 3.63) is 0 Å². The maximum Gasteiger partial charge on any atom is 0.191 e. The highest BCUT2D eigenvalue weighted by molar-refractivity contribution is 14.0. The fraction of sp³-hybridized carbons (Fsp3) is 0.941. The molecule has 0 saturated carbocycles. The summed E-state index contributed by atoms with van der Waals surface area (Å²) in [5.74, 6) is 0.854. The highest BCUT2D eigenvalue weighted by atomic mass is 127. The Bertz CT molecular complexity index is 381. The molecule has 148 valence electrons. The van der Waals surface area contributed by atoms with Gasteiger partial charge in [-0.05, 0) is 26.7 Å². The third kappa shape index (κ3) is 8.38. The maximum absolute atomic E-state index is 5.76. The summed E-state index contributed by atoms with van der Waals surface area (Å²) in [5, 5.41) is 6.76. The molecule has 0 spiro atoms. The number of hydrogen-bond acceptors (Lipinski definition) is 5. The molecule has 3 atom stereocenters. The minimum atomic E-state index is 0. The molecular weight excluding hydrogens is 435 g/mol. The van der Waals surface area contributed by atoms with Crippen LogP contribution in [0.3, 0.4) is 0 Å². The predicted molar refractivity (Wildman–Crippen MR) is 111 cm³/mol. The smallest absolute Gasteiger partial charge is 0.191 e. The highest BCUT2D eigenvalue weighted by Crippen LogP contribution is 2.10. The Balaban J connectivity index is 0.00000312. The predicted octanol–water partition coefficient (Wildman–Crippen LogP) is 1.07. The monoisotopic (exact) mass is 470 g/mol. The first-order valence-electron chi connectivity index (χ1n) is 9.18. The molecule has 3 unspecified atom stereocenters. The van der Waals surface area contributed by atoms with Crippen LogP contribution in [0.5, 0.6) is 0 Å². The lowest BCUT2D eigenvalue weighted by Gasteiger charge is -2.38. The van der Waals surface area contributed by atoms with Crippen molar-refractivity contribution in [2.75, 3.05) is 59.7 Å². The molecule has 8 heteroatoms. The summed E-state index contributed by atoms with van der Waals surface area (Å²) in [4.78, 5) is 6.78. The van der Waals surface area contributed by atoms with Crippen LogP contribution in [-0.4, -0.2) is 88.8 Å². The van der Waals surface area contributed by atoms with Crippen molar-refractivity contribution in [1.29, 1.82) is 0 Å². The van der Waals surface area contributed by atoms with E-state index in [0.717, 1.165) is 71.5 Å². The summed E-state index contributed by atoms with van der Waals surface area (Å²) in [5.41, 5.74) is 0. The van der Waals surface area contributed by atoms with E-state index in [4.69, 9.17) is 14.2 Å². The molecule has 0 bridgehead atoms. The van der Waals surface area contributed by atoms with E-state index in [9.17, 15) is 0 Å². The number of nitrogens with one attached hydrogen (secondary N) is 2. The first-order valence-corrected chi connectivity index (χ1v) is 9.18. The van der Waals surface area contributed by atoms with Gasteiger partial charge in [0.25, 0.3) is 0 Å². The van der Waals surface area contributed by atoms with Crippen molar-refractivity contribution < 1.29 is 14.2 Å². The van der Waals surface area contributed by atoms with Crippen molar-refractivity contribution in [2.24, 2.45) is 4.99 Å². The molecule has 0 radical (unpaired) electrons. The standard InChI is InChI=1S/C17H34N4O3.HI/c1-14(21-7-10-23-12-15(21)2)11-20-17(18-3)19-6-4-8-24-16-5-9-22-13-16;/h14-16H,4-13H2,1-3H3,(H2,18,19,20);1H. The average molecular weight is 470 g/mol. The summed E-state index contributed by atoms with van der Waals surface area (Å²) < 4.78 is 16.6. The van der Waals surface area contributed by atoms with Crippen LogP contribution in [0.15, 0.2) is 4.99 Å². The van der Waals surface area contributed by atoms with Gasteiger partial charge in [-0.25, -0.2) is 0 Å². The van der Waals surface area contributed by atoms with Gasteiger partial charge in [-0.3, -0.25) is 9.89 Å². The van der Waals surface area contributed by atoms with E-state index in [1.807, 2.05) is 7.05 Å². The zero-order chi connectivity index (χ0) is 17.2. The van der Waals surface area contributed by atoms with Crippen molar-refractivity contribution in [1.82, 2.24) is 15.5 Å². The van der Waals surface area contributed by atoms with Gasteiger partial charge in [0.2, 0.25) is 0 Å². The fourth-order valence-electron chi connectivity index (χ4n) is 3.15. The van der Waals surface area contributed by atoms with Crippen molar-refractivity contribution in [3.63, 3.8) is 0 Å². The molecule has 25 heavy (non-hydrogen) atoms. The summed E-state index contributed by atoms with van der Waals surface area (Å²) in [6, 6.07) is 0.926. The van der Waals surface area contributed by atoms with Gasteiger partial charge in [0.05, 0.1) is 25.9 Å². The number of guanidine groups is 1. The van der Waals surface area contributed by atoms with Crippen molar-refractivity contribution in [3.8, 4) is 0 Å². The molecule has 7 nitrogen and oxygen atoms in total. The van der Waals surface area contributed by atoms with Gasteiger partial charge in [-0.2, -0.15) is 0 Å². The van der Waals surface area contributed by atoms with Crippen LogP contribution in [0.25, 0.3) is 0 Å². The summed E-state index contributed by atoms with van der Waals surface area (Å²) in [7, 11) is 1.81. The zero-order valence-electron chi connectivity index (χ0n) is 15.8. The molecular formula is C17H35IN4O3.